The number of nitrogen functional groups attached to an aromatic ring is 1. The molecule has 0 aliphatic heterocycles. The minimum atomic E-state index is -3.84. The maximum Gasteiger partial charge on any atom is 0.322 e. The number of methoxy groups -OCH3 is 1. The van der Waals surface area contributed by atoms with Crippen molar-refractivity contribution in [3.8, 4) is 0 Å². The summed E-state index contributed by atoms with van der Waals surface area (Å²) >= 11 is 0. The number of hydrogen-bond donors (Lipinski definition) is 2. The first-order chi connectivity index (χ1) is 9.43. The number of nitrogens with two attached hydrogens (primary N) is 1. The molecule has 2 rings (SSSR count). The Morgan fingerprint density at radius 3 is 2.85 bits per heavy atom. The van der Waals surface area contributed by atoms with E-state index in [1.807, 2.05) is 0 Å². The van der Waals surface area contributed by atoms with Crippen LogP contribution in [0, 0.1) is 0 Å². The van der Waals surface area contributed by atoms with Crippen molar-refractivity contribution < 1.29 is 17.9 Å². The number of anilines is 2. The molecule has 0 aliphatic carbocycles. The quantitative estimate of drug-likeness (QED) is 0.635. The number of benzene rings is 1. The van der Waals surface area contributed by atoms with Crippen LogP contribution in [-0.4, -0.2) is 32.2 Å². The number of nitrogens with zero attached hydrogens (tertiary/aromatic N) is 1. The van der Waals surface area contributed by atoms with Crippen molar-refractivity contribution in [3.63, 3.8) is 0 Å². The SMILES string of the molecule is COC(=O)CS(=O)(=O)Nc1ccc(N)c2ncccc12. The lowest BCUT2D eigenvalue weighted by Gasteiger charge is -2.10. The second-order valence-corrected chi connectivity index (χ2v) is 5.76. The van der Waals surface area contributed by atoms with Crippen molar-refractivity contribution in [2.24, 2.45) is 0 Å². The average molecular weight is 295 g/mol. The van der Waals surface area contributed by atoms with E-state index in [0.717, 1.165) is 7.11 Å². The maximum atomic E-state index is 11.8. The van der Waals surface area contributed by atoms with Crippen molar-refractivity contribution in [1.29, 1.82) is 0 Å². The Morgan fingerprint density at radius 1 is 1.40 bits per heavy atom. The molecule has 1 heterocycles. The molecule has 3 N–H and O–H groups in total. The first-order valence-electron chi connectivity index (χ1n) is 5.63. The second kappa shape index (κ2) is 5.33. The lowest BCUT2D eigenvalue weighted by atomic mass is 10.1. The molecule has 0 saturated heterocycles. The van der Waals surface area contributed by atoms with Crippen LogP contribution in [0.1, 0.15) is 0 Å². The van der Waals surface area contributed by atoms with E-state index < -0.39 is 21.7 Å². The molecule has 0 spiro atoms. The molecule has 1 aromatic carbocycles. The van der Waals surface area contributed by atoms with Crippen LogP contribution < -0.4 is 10.5 Å². The van der Waals surface area contributed by atoms with Crippen LogP contribution in [-0.2, 0) is 19.6 Å². The summed E-state index contributed by atoms with van der Waals surface area (Å²) in [7, 11) is -2.72. The van der Waals surface area contributed by atoms with E-state index in [4.69, 9.17) is 5.73 Å². The Morgan fingerprint density at radius 2 is 2.15 bits per heavy atom. The summed E-state index contributed by atoms with van der Waals surface area (Å²) in [5.74, 6) is -1.59. The number of pyridine rings is 1. The highest BCUT2D eigenvalue weighted by Gasteiger charge is 2.18. The van der Waals surface area contributed by atoms with Crippen molar-refractivity contribution in [2.75, 3.05) is 23.3 Å². The minimum Gasteiger partial charge on any atom is -0.468 e. The molecule has 1 aromatic heterocycles. The van der Waals surface area contributed by atoms with Gasteiger partial charge in [-0.15, -0.1) is 0 Å². The first kappa shape index (κ1) is 14.1. The molecule has 0 atom stereocenters. The van der Waals surface area contributed by atoms with E-state index >= 15 is 0 Å². The van der Waals surface area contributed by atoms with Gasteiger partial charge >= 0.3 is 5.97 Å². The van der Waals surface area contributed by atoms with Crippen molar-refractivity contribution in [2.45, 2.75) is 0 Å². The van der Waals surface area contributed by atoms with E-state index in [0.29, 0.717) is 22.3 Å². The van der Waals surface area contributed by atoms with E-state index in [1.165, 1.54) is 6.07 Å². The molecule has 8 heteroatoms. The molecule has 0 fully saturated rings. The smallest absolute Gasteiger partial charge is 0.322 e. The fourth-order valence-corrected chi connectivity index (χ4v) is 2.71. The third kappa shape index (κ3) is 2.97. The topological polar surface area (TPSA) is 111 Å². The zero-order valence-corrected chi connectivity index (χ0v) is 11.5. The van der Waals surface area contributed by atoms with Crippen molar-refractivity contribution in [3.05, 3.63) is 30.5 Å². The Hall–Kier alpha value is -2.35. The number of ether oxygens (including phenoxy) is 1. The minimum absolute atomic E-state index is 0.311. The number of nitrogens with one attached hydrogen (secondary N) is 1. The average Bonchev–Trinajstić information content (AvgIpc) is 2.41. The summed E-state index contributed by atoms with van der Waals surface area (Å²) < 4.78 is 30.3. The predicted molar refractivity (Wildman–Crippen MR) is 75.6 cm³/mol. The van der Waals surface area contributed by atoms with Gasteiger partial charge in [0, 0.05) is 11.6 Å². The molecule has 0 radical (unpaired) electrons. The van der Waals surface area contributed by atoms with Gasteiger partial charge in [-0.05, 0) is 24.3 Å². The Balaban J connectivity index is 2.40. The molecule has 0 aliphatic rings. The van der Waals surface area contributed by atoms with Gasteiger partial charge in [-0.25, -0.2) is 8.42 Å². The standard InChI is InChI=1S/C12H13N3O4S/c1-19-11(16)7-20(17,18)15-10-5-4-9(13)12-8(10)3-2-6-14-12/h2-6,15H,7,13H2,1H3. The normalized spacial score (nSPS) is 11.2. The molecule has 20 heavy (non-hydrogen) atoms. The molecule has 2 aromatic rings. The van der Waals surface area contributed by atoms with Crippen LogP contribution in [0.15, 0.2) is 30.5 Å². The van der Waals surface area contributed by atoms with Crippen LogP contribution in [0.5, 0.6) is 0 Å². The number of rotatable bonds is 4. The Kier molecular flexibility index (Phi) is 3.75. The van der Waals surface area contributed by atoms with Gasteiger partial charge in [0.2, 0.25) is 10.0 Å². The molecule has 0 unspecified atom stereocenters. The second-order valence-electron chi connectivity index (χ2n) is 4.04. The van der Waals surface area contributed by atoms with Gasteiger partial charge < -0.3 is 10.5 Å². The molecule has 7 nitrogen and oxygen atoms in total. The number of hydrogen-bond acceptors (Lipinski definition) is 6. The van der Waals surface area contributed by atoms with Gasteiger partial charge in [-0.1, -0.05) is 0 Å². The summed E-state index contributed by atoms with van der Waals surface area (Å²) in [6.45, 7) is 0. The molecular formula is C12H13N3O4S. The number of aromatic nitrogens is 1. The van der Waals surface area contributed by atoms with E-state index in [2.05, 4.69) is 14.4 Å². The molecule has 0 saturated carbocycles. The zero-order chi connectivity index (χ0) is 14.8. The van der Waals surface area contributed by atoms with Gasteiger partial charge in [0.15, 0.2) is 5.75 Å². The van der Waals surface area contributed by atoms with Crippen molar-refractivity contribution in [1.82, 2.24) is 4.98 Å². The Labute approximate surface area is 115 Å². The monoisotopic (exact) mass is 295 g/mol. The fraction of sp³-hybridized carbons (Fsp3) is 0.167. The highest BCUT2D eigenvalue weighted by Crippen LogP contribution is 2.27. The first-order valence-corrected chi connectivity index (χ1v) is 7.28. The summed E-state index contributed by atoms with van der Waals surface area (Å²) in [5, 5.41) is 0.556. The van der Waals surface area contributed by atoms with Gasteiger partial charge in [0.05, 0.1) is 24.0 Å². The van der Waals surface area contributed by atoms with E-state index in [-0.39, 0.29) is 0 Å². The summed E-state index contributed by atoms with van der Waals surface area (Å²) in [6.07, 6.45) is 1.56. The predicted octanol–water partition coefficient (Wildman–Crippen LogP) is 0.732. The van der Waals surface area contributed by atoms with Crippen LogP contribution in [0.2, 0.25) is 0 Å². The number of carbonyl (C=O) groups is 1. The highest BCUT2D eigenvalue weighted by molar-refractivity contribution is 7.93. The molecule has 106 valence electrons. The third-order valence-electron chi connectivity index (χ3n) is 2.60. The van der Waals surface area contributed by atoms with Crippen LogP contribution in [0.4, 0.5) is 11.4 Å². The van der Waals surface area contributed by atoms with Crippen LogP contribution in [0.3, 0.4) is 0 Å². The Bertz CT molecular complexity index is 758. The van der Waals surface area contributed by atoms with Crippen LogP contribution >= 0.6 is 0 Å². The molecule has 0 amide bonds. The number of esters is 1. The summed E-state index contributed by atoms with van der Waals surface area (Å²) in [4.78, 5) is 15.2. The summed E-state index contributed by atoms with van der Waals surface area (Å²) in [6, 6.07) is 6.42. The largest absolute Gasteiger partial charge is 0.468 e. The maximum absolute atomic E-state index is 11.8. The zero-order valence-electron chi connectivity index (χ0n) is 10.7. The van der Waals surface area contributed by atoms with Gasteiger partial charge in [0.25, 0.3) is 0 Å². The number of sulfonamides is 1. The van der Waals surface area contributed by atoms with Crippen LogP contribution in [0.25, 0.3) is 10.9 Å². The van der Waals surface area contributed by atoms with Gasteiger partial charge in [0.1, 0.15) is 0 Å². The molecular weight excluding hydrogens is 282 g/mol. The fourth-order valence-electron chi connectivity index (χ4n) is 1.70. The van der Waals surface area contributed by atoms with Gasteiger partial charge in [-0.3, -0.25) is 14.5 Å². The highest BCUT2D eigenvalue weighted by atomic mass is 32.2. The number of fused-ring (bicyclic) bond motifs is 1. The van der Waals surface area contributed by atoms with E-state index in [9.17, 15) is 13.2 Å². The van der Waals surface area contributed by atoms with Crippen molar-refractivity contribution >= 4 is 38.3 Å². The third-order valence-corrected chi connectivity index (χ3v) is 3.75. The number of carbonyl (C=O) groups excluding carboxylic acids is 1. The lowest BCUT2D eigenvalue weighted by Crippen LogP contribution is -2.23. The molecule has 0 bridgehead atoms. The lowest BCUT2D eigenvalue weighted by molar-refractivity contribution is -0.137. The van der Waals surface area contributed by atoms with Gasteiger partial charge in [-0.2, -0.15) is 0 Å². The summed E-state index contributed by atoms with van der Waals surface area (Å²) in [5.41, 5.74) is 7.02. The van der Waals surface area contributed by atoms with E-state index in [1.54, 1.807) is 24.4 Å².